The highest BCUT2D eigenvalue weighted by Crippen LogP contribution is 2.64. The summed E-state index contributed by atoms with van der Waals surface area (Å²) in [5.74, 6) is 0.748. The van der Waals surface area contributed by atoms with Crippen molar-refractivity contribution >= 4 is 0 Å². The average Bonchev–Trinajstić information content (AvgIpc) is 2.79. The molecule has 3 aliphatic carbocycles. The highest BCUT2D eigenvalue weighted by molar-refractivity contribution is 5.31. The van der Waals surface area contributed by atoms with Crippen LogP contribution in [-0.4, -0.2) is 23.8 Å². The van der Waals surface area contributed by atoms with Crippen molar-refractivity contribution in [2.75, 3.05) is 6.54 Å². The Kier molecular flexibility index (Phi) is 4.36. The Hall–Kier alpha value is -0.340. The van der Waals surface area contributed by atoms with Crippen LogP contribution < -0.4 is 5.32 Å². The second-order valence-corrected chi connectivity index (χ2v) is 9.84. The third kappa shape index (κ3) is 2.69. The highest BCUT2D eigenvalue weighted by atomic mass is 16.5. The van der Waals surface area contributed by atoms with Crippen LogP contribution in [0.5, 0.6) is 0 Å². The molecule has 3 fully saturated rings. The van der Waals surface area contributed by atoms with E-state index in [2.05, 4.69) is 32.2 Å². The highest BCUT2D eigenvalue weighted by Gasteiger charge is 2.64. The second-order valence-electron chi connectivity index (χ2n) is 9.84. The Morgan fingerprint density at radius 2 is 1.88 bits per heavy atom. The van der Waals surface area contributed by atoms with Gasteiger partial charge in [-0.05, 0) is 83.2 Å². The summed E-state index contributed by atoms with van der Waals surface area (Å²) in [6.45, 7) is 8.34. The maximum Gasteiger partial charge on any atom is 0.0956 e. The van der Waals surface area contributed by atoms with Crippen LogP contribution in [-0.2, 0) is 4.74 Å². The van der Waals surface area contributed by atoms with E-state index >= 15 is 0 Å². The number of rotatable bonds is 4. The molecule has 1 saturated heterocycles. The van der Waals surface area contributed by atoms with Crippen LogP contribution in [0.15, 0.2) is 11.6 Å². The Labute approximate surface area is 148 Å². The van der Waals surface area contributed by atoms with Gasteiger partial charge in [0.15, 0.2) is 0 Å². The number of fused-ring (bicyclic) bond motifs is 1. The maximum absolute atomic E-state index is 6.93. The van der Waals surface area contributed by atoms with Gasteiger partial charge in [-0.15, -0.1) is 0 Å². The van der Waals surface area contributed by atoms with Crippen LogP contribution in [0.2, 0.25) is 0 Å². The van der Waals surface area contributed by atoms with E-state index in [-0.39, 0.29) is 11.2 Å². The summed E-state index contributed by atoms with van der Waals surface area (Å²) < 4.78 is 6.93. The van der Waals surface area contributed by atoms with Gasteiger partial charge in [-0.3, -0.25) is 0 Å². The molecule has 0 aromatic rings. The van der Waals surface area contributed by atoms with Gasteiger partial charge in [-0.25, -0.2) is 0 Å². The van der Waals surface area contributed by atoms with Gasteiger partial charge in [0.1, 0.15) is 0 Å². The summed E-state index contributed by atoms with van der Waals surface area (Å²) in [4.78, 5) is 0. The predicted octanol–water partition coefficient (Wildman–Crippen LogP) is 5.37. The summed E-state index contributed by atoms with van der Waals surface area (Å²) in [5.41, 5.74) is 2.11. The summed E-state index contributed by atoms with van der Waals surface area (Å²) in [6.07, 6.45) is 17.3. The largest absolute Gasteiger partial charge is 0.364 e. The molecule has 2 bridgehead atoms. The molecule has 0 aromatic heterocycles. The molecule has 2 nitrogen and oxygen atoms in total. The summed E-state index contributed by atoms with van der Waals surface area (Å²) in [7, 11) is 0. The Morgan fingerprint density at radius 3 is 2.67 bits per heavy atom. The molecule has 1 N–H and O–H groups in total. The number of ether oxygens (including phenoxy) is 1. The Balaban J connectivity index is 1.47. The molecule has 1 heterocycles. The molecule has 2 saturated carbocycles. The van der Waals surface area contributed by atoms with Crippen LogP contribution in [0.3, 0.4) is 0 Å². The van der Waals surface area contributed by atoms with Gasteiger partial charge >= 0.3 is 0 Å². The van der Waals surface area contributed by atoms with E-state index in [4.69, 9.17) is 4.74 Å². The molecule has 0 unspecified atom stereocenters. The first-order chi connectivity index (χ1) is 11.5. The van der Waals surface area contributed by atoms with E-state index in [1.165, 1.54) is 70.6 Å². The average molecular weight is 332 g/mol. The molecule has 136 valence electrons. The summed E-state index contributed by atoms with van der Waals surface area (Å²) in [5, 5.41) is 3.86. The SMILES string of the molecule is CC1(C)O[C@]23C[C@H]1CC[C@]2(C)CCC=C3CCNC1CCCCC1. The minimum absolute atomic E-state index is 0.0475. The van der Waals surface area contributed by atoms with Crippen molar-refractivity contribution in [2.45, 2.75) is 109 Å². The lowest BCUT2D eigenvalue weighted by Gasteiger charge is -2.52. The van der Waals surface area contributed by atoms with Gasteiger partial charge in [-0.2, -0.15) is 0 Å². The van der Waals surface area contributed by atoms with E-state index in [1.807, 2.05) is 0 Å². The first kappa shape index (κ1) is 17.1. The van der Waals surface area contributed by atoms with Gasteiger partial charge in [-0.1, -0.05) is 32.3 Å². The lowest BCUT2D eigenvalue weighted by molar-refractivity contribution is -0.132. The normalized spacial score (nSPS) is 41.8. The number of nitrogens with one attached hydrogen (secondary N) is 1. The van der Waals surface area contributed by atoms with Crippen molar-refractivity contribution in [1.82, 2.24) is 5.32 Å². The molecule has 24 heavy (non-hydrogen) atoms. The Bertz CT molecular complexity index is 504. The number of allylic oxidation sites excluding steroid dienone is 1. The van der Waals surface area contributed by atoms with E-state index in [9.17, 15) is 0 Å². The van der Waals surface area contributed by atoms with Gasteiger partial charge in [0, 0.05) is 11.5 Å². The van der Waals surface area contributed by atoms with Crippen LogP contribution in [0.4, 0.5) is 0 Å². The maximum atomic E-state index is 6.93. The summed E-state index contributed by atoms with van der Waals surface area (Å²) in [6, 6.07) is 0.770. The zero-order valence-electron chi connectivity index (χ0n) is 16.1. The van der Waals surface area contributed by atoms with E-state index < -0.39 is 0 Å². The predicted molar refractivity (Wildman–Crippen MR) is 100 cm³/mol. The molecule has 1 aliphatic heterocycles. The van der Waals surface area contributed by atoms with Gasteiger partial charge < -0.3 is 10.1 Å². The standard InChI is InChI=1S/C22H37NO/c1-20(2)18-11-14-21(3)13-7-8-17(22(21,16-18)24-20)12-15-23-19-9-5-4-6-10-19/h8,18-19,23H,4-7,9-16H2,1-3H3/t18-,21+,22+/m1/s1. The van der Waals surface area contributed by atoms with Crippen molar-refractivity contribution in [1.29, 1.82) is 0 Å². The third-order valence-electron chi connectivity index (χ3n) is 8.01. The van der Waals surface area contributed by atoms with E-state index in [1.54, 1.807) is 5.57 Å². The lowest BCUT2D eigenvalue weighted by Crippen LogP contribution is -2.52. The molecule has 2 heteroatoms. The number of hydrogen-bond donors (Lipinski definition) is 1. The fourth-order valence-electron chi connectivity index (χ4n) is 6.34. The third-order valence-corrected chi connectivity index (χ3v) is 8.01. The molecule has 0 radical (unpaired) electrons. The zero-order valence-corrected chi connectivity index (χ0v) is 16.1. The topological polar surface area (TPSA) is 21.3 Å². The van der Waals surface area contributed by atoms with E-state index in [0.717, 1.165) is 18.5 Å². The molecular weight excluding hydrogens is 294 g/mol. The van der Waals surface area contributed by atoms with Crippen molar-refractivity contribution in [3.63, 3.8) is 0 Å². The van der Waals surface area contributed by atoms with Gasteiger partial charge in [0.05, 0.1) is 11.2 Å². The van der Waals surface area contributed by atoms with Crippen molar-refractivity contribution in [3.05, 3.63) is 11.6 Å². The molecular formula is C22H37NO. The van der Waals surface area contributed by atoms with Crippen molar-refractivity contribution in [3.8, 4) is 0 Å². The molecule has 4 rings (SSSR count). The van der Waals surface area contributed by atoms with Crippen molar-refractivity contribution < 1.29 is 4.74 Å². The molecule has 0 amide bonds. The fraction of sp³-hybridized carbons (Fsp3) is 0.909. The lowest BCUT2D eigenvalue weighted by atomic mass is 9.55. The minimum atomic E-state index is 0.0475. The molecule has 1 spiro atoms. The monoisotopic (exact) mass is 331 g/mol. The van der Waals surface area contributed by atoms with Crippen LogP contribution in [0.1, 0.15) is 91.4 Å². The van der Waals surface area contributed by atoms with Crippen LogP contribution in [0, 0.1) is 11.3 Å². The second kappa shape index (κ2) is 6.13. The number of hydrogen-bond acceptors (Lipinski definition) is 2. The minimum Gasteiger partial charge on any atom is -0.364 e. The molecule has 3 atom stereocenters. The summed E-state index contributed by atoms with van der Waals surface area (Å²) >= 11 is 0. The first-order valence-corrected chi connectivity index (χ1v) is 10.6. The molecule has 4 aliphatic rings. The van der Waals surface area contributed by atoms with Crippen LogP contribution in [0.25, 0.3) is 0 Å². The van der Waals surface area contributed by atoms with E-state index in [0.29, 0.717) is 5.41 Å². The smallest absolute Gasteiger partial charge is 0.0956 e. The van der Waals surface area contributed by atoms with Crippen LogP contribution >= 0.6 is 0 Å². The fourth-order valence-corrected chi connectivity index (χ4v) is 6.34. The molecule has 0 aromatic carbocycles. The van der Waals surface area contributed by atoms with Gasteiger partial charge in [0.25, 0.3) is 0 Å². The Morgan fingerprint density at radius 1 is 1.08 bits per heavy atom. The first-order valence-electron chi connectivity index (χ1n) is 10.6. The van der Waals surface area contributed by atoms with Gasteiger partial charge in [0.2, 0.25) is 0 Å². The zero-order chi connectivity index (χ0) is 16.8. The quantitative estimate of drug-likeness (QED) is 0.699. The van der Waals surface area contributed by atoms with Crippen molar-refractivity contribution in [2.24, 2.45) is 11.3 Å².